The molecule has 0 radical (unpaired) electrons. The van der Waals surface area contributed by atoms with Gasteiger partial charge in [0.25, 0.3) is 0 Å². The van der Waals surface area contributed by atoms with Gasteiger partial charge in [-0.15, -0.1) is 12.4 Å². The molecule has 0 aliphatic heterocycles. The van der Waals surface area contributed by atoms with E-state index in [1.807, 2.05) is 0 Å². The number of rotatable bonds is 2. The van der Waals surface area contributed by atoms with Gasteiger partial charge in [-0.25, -0.2) is 4.98 Å². The van der Waals surface area contributed by atoms with E-state index in [9.17, 15) is 22.0 Å². The topological polar surface area (TPSA) is 64.9 Å². The van der Waals surface area contributed by atoms with Crippen LogP contribution in [0.25, 0.3) is 0 Å². The first kappa shape index (κ1) is 15.9. The van der Waals surface area contributed by atoms with E-state index in [1.165, 1.54) is 6.07 Å². The molecule has 0 aromatic carbocycles. The van der Waals surface area contributed by atoms with E-state index < -0.39 is 29.5 Å². The minimum Gasteiger partial charge on any atom is -0.383 e. The quantitative estimate of drug-likeness (QED) is 0.815. The molecule has 0 unspecified atom stereocenters. The fourth-order valence-electron chi connectivity index (χ4n) is 1.06. The van der Waals surface area contributed by atoms with Crippen molar-refractivity contribution in [2.45, 2.75) is 18.1 Å². The molecule has 1 aromatic heterocycles. The maximum absolute atomic E-state index is 12.9. The summed E-state index contributed by atoms with van der Waals surface area (Å²) >= 11 is 0. The molecule has 9 heteroatoms. The van der Waals surface area contributed by atoms with E-state index in [0.717, 1.165) is 12.3 Å². The molecular formula is C8H9ClF5N3. The van der Waals surface area contributed by atoms with E-state index in [2.05, 4.69) is 4.98 Å². The normalized spacial score (nSPS) is 14.0. The summed E-state index contributed by atoms with van der Waals surface area (Å²) in [7, 11) is 0. The third-order valence-corrected chi connectivity index (χ3v) is 1.97. The highest BCUT2D eigenvalue weighted by Crippen LogP contribution is 2.43. The standard InChI is InChI=1S/C8H8F5N3.ClH/c9-7(10,8(11,12)13)5(14)4-2-1-3-16-6(4)15;/h1-3,5H,14H2,(H2,15,16);1H/t5-;/m0./s1. The summed E-state index contributed by atoms with van der Waals surface area (Å²) in [6, 6.07) is -0.411. The van der Waals surface area contributed by atoms with Crippen molar-refractivity contribution in [2.24, 2.45) is 5.73 Å². The van der Waals surface area contributed by atoms with Crippen LogP contribution in [0.4, 0.5) is 27.8 Å². The molecule has 3 nitrogen and oxygen atoms in total. The van der Waals surface area contributed by atoms with Crippen LogP contribution in [-0.4, -0.2) is 17.1 Å². The molecule has 17 heavy (non-hydrogen) atoms. The minimum absolute atomic E-state index is 0. The maximum atomic E-state index is 12.9. The van der Waals surface area contributed by atoms with Gasteiger partial charge in [0.1, 0.15) is 11.9 Å². The number of nitrogens with two attached hydrogens (primary N) is 2. The second kappa shape index (κ2) is 5.01. The van der Waals surface area contributed by atoms with Gasteiger partial charge in [-0.3, -0.25) is 0 Å². The molecule has 0 spiro atoms. The highest BCUT2D eigenvalue weighted by atomic mass is 35.5. The zero-order chi connectivity index (χ0) is 12.6. The fraction of sp³-hybridized carbons (Fsp3) is 0.375. The first-order valence-corrected chi connectivity index (χ1v) is 4.08. The largest absolute Gasteiger partial charge is 0.455 e. The molecule has 0 fully saturated rings. The van der Waals surface area contributed by atoms with Crippen LogP contribution in [-0.2, 0) is 0 Å². The number of nitrogen functional groups attached to an aromatic ring is 1. The van der Waals surface area contributed by atoms with Crippen molar-refractivity contribution in [3.05, 3.63) is 23.9 Å². The lowest BCUT2D eigenvalue weighted by atomic mass is 10.0. The lowest BCUT2D eigenvalue weighted by molar-refractivity contribution is -0.290. The van der Waals surface area contributed by atoms with Gasteiger partial charge < -0.3 is 11.5 Å². The third-order valence-electron chi connectivity index (χ3n) is 1.97. The Morgan fingerprint density at radius 2 is 1.71 bits per heavy atom. The number of alkyl halides is 5. The number of halogens is 6. The van der Waals surface area contributed by atoms with E-state index in [1.54, 1.807) is 0 Å². The van der Waals surface area contributed by atoms with Crippen LogP contribution in [0.1, 0.15) is 11.6 Å². The molecule has 1 atom stereocenters. The zero-order valence-corrected chi connectivity index (χ0v) is 9.03. The molecule has 4 N–H and O–H groups in total. The predicted molar refractivity (Wildman–Crippen MR) is 53.8 cm³/mol. The van der Waals surface area contributed by atoms with Crippen LogP contribution in [0.3, 0.4) is 0 Å². The van der Waals surface area contributed by atoms with Gasteiger partial charge in [0, 0.05) is 11.8 Å². The first-order valence-electron chi connectivity index (χ1n) is 4.08. The smallest absolute Gasteiger partial charge is 0.383 e. The summed E-state index contributed by atoms with van der Waals surface area (Å²) in [5.74, 6) is -5.50. The molecule has 0 saturated heterocycles. The predicted octanol–water partition coefficient (Wildman–Crippen LogP) is 2.28. The summed E-state index contributed by atoms with van der Waals surface area (Å²) in [5, 5.41) is 0. The van der Waals surface area contributed by atoms with Crippen molar-refractivity contribution >= 4 is 18.2 Å². The van der Waals surface area contributed by atoms with Gasteiger partial charge >= 0.3 is 12.1 Å². The Balaban J connectivity index is 0.00000256. The maximum Gasteiger partial charge on any atom is 0.455 e. The molecule has 1 aromatic rings. The van der Waals surface area contributed by atoms with Gasteiger partial charge in [-0.05, 0) is 6.07 Å². The van der Waals surface area contributed by atoms with E-state index >= 15 is 0 Å². The van der Waals surface area contributed by atoms with Crippen LogP contribution in [0, 0.1) is 0 Å². The molecule has 0 saturated carbocycles. The van der Waals surface area contributed by atoms with E-state index in [-0.39, 0.29) is 12.4 Å². The summed E-state index contributed by atoms with van der Waals surface area (Å²) in [5.41, 5.74) is 9.50. The monoisotopic (exact) mass is 277 g/mol. The number of hydrogen-bond acceptors (Lipinski definition) is 3. The van der Waals surface area contributed by atoms with Crippen molar-refractivity contribution in [1.29, 1.82) is 0 Å². The van der Waals surface area contributed by atoms with E-state index in [0.29, 0.717) is 0 Å². The Labute approximate surface area is 99.4 Å². The first-order chi connectivity index (χ1) is 7.18. The van der Waals surface area contributed by atoms with Gasteiger partial charge in [-0.2, -0.15) is 22.0 Å². The Morgan fingerprint density at radius 3 is 2.12 bits per heavy atom. The Morgan fingerprint density at radius 1 is 1.18 bits per heavy atom. The summed E-state index contributed by atoms with van der Waals surface area (Å²) in [4.78, 5) is 3.39. The molecule has 0 amide bonds. The fourth-order valence-corrected chi connectivity index (χ4v) is 1.06. The summed E-state index contributed by atoms with van der Waals surface area (Å²) in [6.45, 7) is 0. The van der Waals surface area contributed by atoms with Crippen LogP contribution in [0.5, 0.6) is 0 Å². The molecule has 1 heterocycles. The molecular weight excluding hydrogens is 269 g/mol. The molecule has 1 rings (SSSR count). The summed E-state index contributed by atoms with van der Waals surface area (Å²) < 4.78 is 61.7. The van der Waals surface area contributed by atoms with Gasteiger partial charge in [-0.1, -0.05) is 6.07 Å². The number of anilines is 1. The van der Waals surface area contributed by atoms with Crippen molar-refractivity contribution in [3.8, 4) is 0 Å². The molecule has 0 aliphatic rings. The minimum atomic E-state index is -5.73. The van der Waals surface area contributed by atoms with Crippen molar-refractivity contribution in [2.75, 3.05) is 5.73 Å². The average Bonchev–Trinajstić information content (AvgIpc) is 2.15. The molecule has 0 bridgehead atoms. The average molecular weight is 278 g/mol. The number of aromatic nitrogens is 1. The number of nitrogens with zero attached hydrogens (tertiary/aromatic N) is 1. The van der Waals surface area contributed by atoms with Crippen LogP contribution in [0.2, 0.25) is 0 Å². The lowest BCUT2D eigenvalue weighted by Crippen LogP contribution is -2.46. The Hall–Kier alpha value is -1.15. The summed E-state index contributed by atoms with van der Waals surface area (Å²) in [6.07, 6.45) is -4.56. The van der Waals surface area contributed by atoms with Crippen molar-refractivity contribution < 1.29 is 22.0 Å². The van der Waals surface area contributed by atoms with Gasteiger partial charge in [0.2, 0.25) is 0 Å². The number of hydrogen-bond donors (Lipinski definition) is 2. The van der Waals surface area contributed by atoms with Crippen LogP contribution < -0.4 is 11.5 Å². The highest BCUT2D eigenvalue weighted by Gasteiger charge is 2.62. The molecule has 0 aliphatic carbocycles. The highest BCUT2D eigenvalue weighted by molar-refractivity contribution is 5.85. The second-order valence-electron chi connectivity index (χ2n) is 3.08. The second-order valence-corrected chi connectivity index (χ2v) is 3.08. The Bertz CT molecular complexity index is 382. The van der Waals surface area contributed by atoms with E-state index in [4.69, 9.17) is 11.5 Å². The SMILES string of the molecule is Cl.Nc1ncccc1[C@H](N)C(F)(F)C(F)(F)F. The lowest BCUT2D eigenvalue weighted by Gasteiger charge is -2.26. The van der Waals surface area contributed by atoms with Crippen molar-refractivity contribution in [3.63, 3.8) is 0 Å². The number of pyridine rings is 1. The molecule has 98 valence electrons. The zero-order valence-electron chi connectivity index (χ0n) is 8.21. The van der Waals surface area contributed by atoms with Gasteiger partial charge in [0.05, 0.1) is 0 Å². The third kappa shape index (κ3) is 2.95. The Kier molecular flexibility index (Phi) is 4.67. The van der Waals surface area contributed by atoms with Gasteiger partial charge in [0.15, 0.2) is 0 Å². The van der Waals surface area contributed by atoms with Crippen molar-refractivity contribution in [1.82, 2.24) is 4.98 Å². The van der Waals surface area contributed by atoms with Crippen LogP contribution >= 0.6 is 12.4 Å². The van der Waals surface area contributed by atoms with Crippen LogP contribution in [0.15, 0.2) is 18.3 Å².